The van der Waals surface area contributed by atoms with Crippen molar-refractivity contribution in [2.24, 2.45) is 0 Å². The zero-order chi connectivity index (χ0) is 44.5. The van der Waals surface area contributed by atoms with E-state index in [4.69, 9.17) is 18.9 Å². The zero-order valence-electron chi connectivity index (χ0n) is 34.5. The summed E-state index contributed by atoms with van der Waals surface area (Å²) in [5.74, 6) is -7.49. The molecular weight excluding hydrogens is 772 g/mol. The molecule has 0 aliphatic rings. The van der Waals surface area contributed by atoms with E-state index in [1.54, 1.807) is 0 Å². The van der Waals surface area contributed by atoms with E-state index in [2.05, 4.69) is 0 Å². The lowest BCUT2D eigenvalue weighted by Crippen LogP contribution is -2.51. The van der Waals surface area contributed by atoms with Crippen LogP contribution in [0.2, 0.25) is 0 Å². The summed E-state index contributed by atoms with van der Waals surface area (Å²) in [5, 5.41) is 0. The van der Waals surface area contributed by atoms with Crippen LogP contribution in [-0.4, -0.2) is 219 Å². The predicted octanol–water partition coefficient (Wildman–Crippen LogP) is -3.27. The van der Waals surface area contributed by atoms with Gasteiger partial charge in [-0.3, -0.25) is 57.5 Å². The van der Waals surface area contributed by atoms with Crippen molar-refractivity contribution in [2.75, 3.05) is 120 Å². The molecule has 326 valence electrons. The molecule has 0 saturated heterocycles. The summed E-state index contributed by atoms with van der Waals surface area (Å²) in [6.45, 7) is -0.745. The van der Waals surface area contributed by atoms with Crippen molar-refractivity contribution in [2.45, 2.75) is 41.5 Å². The summed E-state index contributed by atoms with van der Waals surface area (Å²) >= 11 is 0. The Balaban J connectivity index is 5.88. The highest BCUT2D eigenvalue weighted by molar-refractivity contribution is 5.95. The highest BCUT2D eigenvalue weighted by Gasteiger charge is 2.29. The van der Waals surface area contributed by atoms with Crippen LogP contribution in [0.25, 0.3) is 0 Å². The highest BCUT2D eigenvalue weighted by Crippen LogP contribution is 2.04. The van der Waals surface area contributed by atoms with Crippen molar-refractivity contribution in [3.8, 4) is 0 Å². The predicted molar refractivity (Wildman–Crippen MR) is 199 cm³/mol. The first-order valence-corrected chi connectivity index (χ1v) is 17.9. The summed E-state index contributed by atoms with van der Waals surface area (Å²) in [6.07, 6.45) is 0. The Labute approximate surface area is 336 Å². The number of methoxy groups -OCH3 is 2. The molecule has 0 atom stereocenters. The number of nitrogens with zero attached hydrogens (tertiary/aromatic N) is 6. The normalized spacial score (nSPS) is 10.6. The van der Waals surface area contributed by atoms with Gasteiger partial charge in [0.1, 0.15) is 87.6 Å². The second kappa shape index (κ2) is 28.1. The summed E-state index contributed by atoms with van der Waals surface area (Å²) in [5.41, 5.74) is 0. The third-order valence-corrected chi connectivity index (χ3v) is 7.29. The summed E-state index contributed by atoms with van der Waals surface area (Å²) < 4.78 is 20.7. The lowest BCUT2D eigenvalue weighted by atomic mass is 10.3. The Bertz CT molecular complexity index is 1400. The number of hydrogen-bond acceptors (Lipinski definition) is 16. The standard InChI is InChI=1S/C36H56N6O16/c1-25(43)11-37(12-26(2)44)31(49)17-39(18-32(50)38(13-27(3)45)14-28(4)46)35(53)21-57-9-10-58-22-36(54)40(19-33(51)41(23-55-7)15-29(5)47)20-34(52)42(24-56-8)16-30(6)48/h9-24H2,1-8H3. The number of carbonyl (C=O) groups excluding carboxylic acids is 12. The third-order valence-electron chi connectivity index (χ3n) is 7.29. The smallest absolute Gasteiger partial charge is 0.249 e. The minimum absolute atomic E-state index is 0.287. The second-order valence-corrected chi connectivity index (χ2v) is 13.3. The molecule has 0 radical (unpaired) electrons. The fourth-order valence-electron chi connectivity index (χ4n) is 4.94. The van der Waals surface area contributed by atoms with E-state index in [1.807, 2.05) is 0 Å². The van der Waals surface area contributed by atoms with Crippen LogP contribution in [0, 0.1) is 0 Å². The SMILES string of the molecule is COCN(CC(C)=O)C(=O)CN(CC(=O)N(COC)CC(C)=O)C(=O)COCCOCC(=O)N(CC(=O)N(CC(C)=O)CC(C)=O)CC(=O)N(CC(C)=O)CC(C)=O. The van der Waals surface area contributed by atoms with Gasteiger partial charge in [-0.15, -0.1) is 0 Å². The summed E-state index contributed by atoms with van der Waals surface area (Å²) in [7, 11) is 2.58. The Hall–Kier alpha value is -5.32. The molecule has 0 fully saturated rings. The summed E-state index contributed by atoms with van der Waals surface area (Å²) in [4.78, 5) is 155. The molecule has 0 rings (SSSR count). The molecule has 0 heterocycles. The fourth-order valence-corrected chi connectivity index (χ4v) is 4.94. The molecule has 0 aliphatic carbocycles. The fraction of sp³-hybridized carbons (Fsp3) is 0.667. The van der Waals surface area contributed by atoms with Crippen LogP contribution >= 0.6 is 0 Å². The third kappa shape index (κ3) is 23.0. The molecule has 6 amide bonds. The molecule has 22 heteroatoms. The van der Waals surface area contributed by atoms with Gasteiger partial charge in [-0.1, -0.05) is 0 Å². The number of hydrogen-bond donors (Lipinski definition) is 0. The molecule has 58 heavy (non-hydrogen) atoms. The molecule has 0 spiro atoms. The van der Waals surface area contributed by atoms with Crippen LogP contribution in [0.1, 0.15) is 41.5 Å². The van der Waals surface area contributed by atoms with Crippen molar-refractivity contribution in [1.29, 1.82) is 0 Å². The Morgan fingerprint density at radius 3 is 0.741 bits per heavy atom. The van der Waals surface area contributed by atoms with Gasteiger partial charge in [-0.05, 0) is 41.5 Å². The van der Waals surface area contributed by atoms with Gasteiger partial charge in [0.25, 0.3) is 0 Å². The minimum atomic E-state index is -0.908. The molecule has 0 aliphatic heterocycles. The van der Waals surface area contributed by atoms with Crippen LogP contribution in [0.15, 0.2) is 0 Å². The van der Waals surface area contributed by atoms with Gasteiger partial charge in [-0.2, -0.15) is 0 Å². The van der Waals surface area contributed by atoms with Crippen molar-refractivity contribution >= 4 is 70.1 Å². The number of rotatable bonds is 31. The quantitative estimate of drug-likeness (QED) is 0.0490. The van der Waals surface area contributed by atoms with Crippen molar-refractivity contribution < 1.29 is 76.5 Å². The zero-order valence-corrected chi connectivity index (χ0v) is 34.5. The molecule has 0 bridgehead atoms. The lowest BCUT2D eigenvalue weighted by molar-refractivity contribution is -0.152. The molecule has 0 saturated carbocycles. The van der Waals surface area contributed by atoms with E-state index >= 15 is 0 Å². The van der Waals surface area contributed by atoms with E-state index in [1.165, 1.54) is 55.8 Å². The number of amides is 6. The van der Waals surface area contributed by atoms with Gasteiger partial charge < -0.3 is 48.3 Å². The highest BCUT2D eigenvalue weighted by atomic mass is 16.5. The van der Waals surface area contributed by atoms with Crippen LogP contribution in [0.3, 0.4) is 0 Å². The van der Waals surface area contributed by atoms with Gasteiger partial charge >= 0.3 is 0 Å². The first kappa shape index (κ1) is 52.7. The Morgan fingerprint density at radius 2 is 0.517 bits per heavy atom. The van der Waals surface area contributed by atoms with E-state index in [-0.39, 0.29) is 51.3 Å². The van der Waals surface area contributed by atoms with Gasteiger partial charge in [0.05, 0.1) is 52.5 Å². The Kier molecular flexibility index (Phi) is 25.6. The molecule has 0 aromatic heterocycles. The first-order chi connectivity index (χ1) is 27.1. The van der Waals surface area contributed by atoms with Crippen LogP contribution < -0.4 is 0 Å². The number of carbonyl (C=O) groups is 12. The van der Waals surface area contributed by atoms with Crippen LogP contribution in [-0.2, 0) is 76.5 Å². The van der Waals surface area contributed by atoms with E-state index in [0.717, 1.165) is 29.4 Å². The van der Waals surface area contributed by atoms with Gasteiger partial charge in [-0.25, -0.2) is 0 Å². The molecular formula is C36H56N6O16. The van der Waals surface area contributed by atoms with E-state index < -0.39 is 124 Å². The Morgan fingerprint density at radius 1 is 0.310 bits per heavy atom. The largest absolute Gasteiger partial charge is 0.369 e. The minimum Gasteiger partial charge on any atom is -0.369 e. The molecule has 22 nitrogen and oxygen atoms in total. The lowest BCUT2D eigenvalue weighted by Gasteiger charge is -2.28. The number of Topliss-reactive ketones (excluding diaryl/α,β-unsaturated/α-hetero) is 6. The second-order valence-electron chi connectivity index (χ2n) is 13.3. The molecule has 0 unspecified atom stereocenters. The van der Waals surface area contributed by atoms with Crippen LogP contribution in [0.5, 0.6) is 0 Å². The monoisotopic (exact) mass is 828 g/mol. The number of ketones is 6. The van der Waals surface area contributed by atoms with Crippen molar-refractivity contribution in [1.82, 2.24) is 29.4 Å². The maximum Gasteiger partial charge on any atom is 0.249 e. The number of ether oxygens (including phenoxy) is 4. The molecule has 0 aromatic rings. The van der Waals surface area contributed by atoms with E-state index in [9.17, 15) is 57.5 Å². The summed E-state index contributed by atoms with van der Waals surface area (Å²) in [6, 6.07) is 0. The topological polar surface area (TPSA) is 261 Å². The van der Waals surface area contributed by atoms with Crippen LogP contribution in [0.4, 0.5) is 0 Å². The van der Waals surface area contributed by atoms with E-state index in [0.29, 0.717) is 0 Å². The van der Waals surface area contributed by atoms with Crippen molar-refractivity contribution in [3.05, 3.63) is 0 Å². The van der Waals surface area contributed by atoms with Gasteiger partial charge in [0.2, 0.25) is 35.4 Å². The maximum atomic E-state index is 13.3. The van der Waals surface area contributed by atoms with Crippen molar-refractivity contribution in [3.63, 3.8) is 0 Å². The average Bonchev–Trinajstić information content (AvgIpc) is 3.09. The average molecular weight is 829 g/mol. The first-order valence-electron chi connectivity index (χ1n) is 17.9. The molecule has 0 aromatic carbocycles. The van der Waals surface area contributed by atoms with Gasteiger partial charge in [0.15, 0.2) is 0 Å². The van der Waals surface area contributed by atoms with Gasteiger partial charge in [0, 0.05) is 14.2 Å². The molecule has 0 N–H and O–H groups in total. The maximum absolute atomic E-state index is 13.3.